The van der Waals surface area contributed by atoms with Crippen LogP contribution in [0.4, 0.5) is 5.69 Å². The van der Waals surface area contributed by atoms with Crippen LogP contribution in [0.1, 0.15) is 25.0 Å². The Morgan fingerprint density at radius 1 is 1.37 bits per heavy atom. The maximum absolute atomic E-state index is 12.3. The summed E-state index contributed by atoms with van der Waals surface area (Å²) in [6.07, 6.45) is 1.31. The molecule has 0 aromatic heterocycles. The average Bonchev–Trinajstić information content (AvgIpc) is 2.35. The minimum atomic E-state index is -3.57. The van der Waals surface area contributed by atoms with Crippen molar-refractivity contribution in [3.63, 3.8) is 0 Å². The minimum Gasteiger partial charge on any atom is -0.398 e. The third-order valence-electron chi connectivity index (χ3n) is 2.81. The predicted octanol–water partition coefficient (Wildman–Crippen LogP) is 2.58. The van der Waals surface area contributed by atoms with Crippen LogP contribution in [0.3, 0.4) is 0 Å². The fraction of sp³-hybridized carbons (Fsp3) is 0.385. The van der Waals surface area contributed by atoms with E-state index >= 15 is 0 Å². The minimum absolute atomic E-state index is 0.155. The molecular formula is C13H19BrN2O2S. The third-order valence-corrected chi connectivity index (χ3v) is 4.56. The first-order valence-corrected chi connectivity index (χ1v) is 8.33. The van der Waals surface area contributed by atoms with E-state index in [4.69, 9.17) is 5.73 Å². The SMILES string of the molecule is C=C(Br)CNS(=O)(=O)c1cc(CC)cc(N)c1CC. The van der Waals surface area contributed by atoms with E-state index < -0.39 is 10.0 Å². The van der Waals surface area contributed by atoms with Crippen molar-refractivity contribution in [3.8, 4) is 0 Å². The van der Waals surface area contributed by atoms with E-state index in [1.807, 2.05) is 19.9 Å². The van der Waals surface area contributed by atoms with Crippen molar-refractivity contribution in [2.24, 2.45) is 0 Å². The molecule has 1 aromatic carbocycles. The van der Waals surface area contributed by atoms with Gasteiger partial charge in [-0.05, 0) is 36.1 Å². The smallest absolute Gasteiger partial charge is 0.241 e. The number of hydrogen-bond acceptors (Lipinski definition) is 3. The zero-order valence-electron chi connectivity index (χ0n) is 11.2. The Labute approximate surface area is 123 Å². The van der Waals surface area contributed by atoms with Gasteiger partial charge in [0.25, 0.3) is 0 Å². The van der Waals surface area contributed by atoms with E-state index in [1.165, 1.54) is 0 Å². The zero-order chi connectivity index (χ0) is 14.6. The van der Waals surface area contributed by atoms with E-state index in [1.54, 1.807) is 6.07 Å². The Morgan fingerprint density at radius 3 is 2.47 bits per heavy atom. The van der Waals surface area contributed by atoms with Crippen LogP contribution in [-0.2, 0) is 22.9 Å². The Bertz CT molecular complexity index is 583. The van der Waals surface area contributed by atoms with Gasteiger partial charge in [0.2, 0.25) is 10.0 Å². The second-order valence-electron chi connectivity index (χ2n) is 4.21. The van der Waals surface area contributed by atoms with Crippen LogP contribution in [0.5, 0.6) is 0 Å². The number of nitrogens with two attached hydrogens (primary N) is 1. The van der Waals surface area contributed by atoms with Crippen molar-refractivity contribution in [2.45, 2.75) is 31.6 Å². The average molecular weight is 347 g/mol. The topological polar surface area (TPSA) is 72.2 Å². The lowest BCUT2D eigenvalue weighted by molar-refractivity contribution is 0.584. The van der Waals surface area contributed by atoms with Crippen LogP contribution < -0.4 is 10.5 Å². The van der Waals surface area contributed by atoms with Gasteiger partial charge in [-0.25, -0.2) is 13.1 Å². The molecule has 0 aliphatic heterocycles. The molecule has 0 radical (unpaired) electrons. The number of aryl methyl sites for hydroxylation is 1. The van der Waals surface area contributed by atoms with Gasteiger partial charge in [0, 0.05) is 16.7 Å². The molecule has 0 bridgehead atoms. The van der Waals surface area contributed by atoms with Crippen molar-refractivity contribution in [1.29, 1.82) is 0 Å². The normalized spacial score (nSPS) is 11.5. The van der Waals surface area contributed by atoms with Gasteiger partial charge in [0.1, 0.15) is 0 Å². The van der Waals surface area contributed by atoms with E-state index in [2.05, 4.69) is 27.2 Å². The Morgan fingerprint density at radius 2 is 2.00 bits per heavy atom. The molecule has 19 heavy (non-hydrogen) atoms. The molecule has 0 aliphatic rings. The first-order valence-electron chi connectivity index (χ1n) is 6.06. The molecule has 1 rings (SSSR count). The van der Waals surface area contributed by atoms with E-state index in [0.29, 0.717) is 22.2 Å². The highest BCUT2D eigenvalue weighted by Gasteiger charge is 2.20. The third kappa shape index (κ3) is 4.06. The quantitative estimate of drug-likeness (QED) is 0.777. The van der Waals surface area contributed by atoms with E-state index in [-0.39, 0.29) is 11.4 Å². The van der Waals surface area contributed by atoms with Crippen LogP contribution in [0.25, 0.3) is 0 Å². The summed E-state index contributed by atoms with van der Waals surface area (Å²) in [5.74, 6) is 0. The maximum Gasteiger partial charge on any atom is 0.241 e. The number of benzene rings is 1. The lowest BCUT2D eigenvalue weighted by Crippen LogP contribution is -2.26. The first kappa shape index (κ1) is 16.2. The molecule has 1 aromatic rings. The molecule has 0 saturated heterocycles. The summed E-state index contributed by atoms with van der Waals surface area (Å²) in [4.78, 5) is 0.264. The number of hydrogen-bond donors (Lipinski definition) is 2. The number of halogens is 1. The first-order chi connectivity index (χ1) is 8.81. The molecule has 6 heteroatoms. The second-order valence-corrected chi connectivity index (χ2v) is 7.07. The number of sulfonamides is 1. The summed E-state index contributed by atoms with van der Waals surface area (Å²) in [7, 11) is -3.57. The highest BCUT2D eigenvalue weighted by atomic mass is 79.9. The van der Waals surface area contributed by atoms with Crippen molar-refractivity contribution >= 4 is 31.6 Å². The predicted molar refractivity (Wildman–Crippen MR) is 82.9 cm³/mol. The summed E-state index contributed by atoms with van der Waals surface area (Å²) < 4.78 is 27.7. The van der Waals surface area contributed by atoms with Crippen LogP contribution >= 0.6 is 15.9 Å². The fourth-order valence-corrected chi connectivity index (χ4v) is 3.54. The van der Waals surface area contributed by atoms with Gasteiger partial charge in [-0.3, -0.25) is 0 Å². The number of nitrogen functional groups attached to an aromatic ring is 1. The molecule has 106 valence electrons. The largest absolute Gasteiger partial charge is 0.398 e. The van der Waals surface area contributed by atoms with Crippen molar-refractivity contribution in [3.05, 3.63) is 34.3 Å². The zero-order valence-corrected chi connectivity index (χ0v) is 13.6. The van der Waals surface area contributed by atoms with E-state index in [9.17, 15) is 8.42 Å². The van der Waals surface area contributed by atoms with Crippen molar-refractivity contribution in [2.75, 3.05) is 12.3 Å². The fourth-order valence-electron chi connectivity index (χ4n) is 1.80. The van der Waals surface area contributed by atoms with Gasteiger partial charge < -0.3 is 5.73 Å². The molecular weight excluding hydrogens is 328 g/mol. The molecule has 3 N–H and O–H groups in total. The van der Waals surface area contributed by atoms with Gasteiger partial charge in [0.05, 0.1) is 4.90 Å². The molecule has 0 amide bonds. The van der Waals surface area contributed by atoms with Gasteiger partial charge >= 0.3 is 0 Å². The molecule has 0 saturated carbocycles. The molecule has 0 unspecified atom stereocenters. The molecule has 0 heterocycles. The summed E-state index contributed by atoms with van der Waals surface area (Å²) in [6, 6.07) is 3.52. The number of anilines is 1. The monoisotopic (exact) mass is 346 g/mol. The van der Waals surface area contributed by atoms with Crippen LogP contribution in [0, 0.1) is 0 Å². The molecule has 0 fully saturated rings. The van der Waals surface area contributed by atoms with Crippen molar-refractivity contribution < 1.29 is 8.42 Å². The lowest BCUT2D eigenvalue weighted by Gasteiger charge is -2.14. The van der Waals surface area contributed by atoms with Crippen molar-refractivity contribution in [1.82, 2.24) is 4.72 Å². The molecule has 0 spiro atoms. The van der Waals surface area contributed by atoms with Gasteiger partial charge in [-0.1, -0.05) is 36.4 Å². The van der Waals surface area contributed by atoms with Crippen LogP contribution in [0.15, 0.2) is 28.1 Å². The Kier molecular flexibility index (Phi) is 5.58. The summed E-state index contributed by atoms with van der Waals surface area (Å²) in [5, 5.41) is 0. The van der Waals surface area contributed by atoms with Gasteiger partial charge in [-0.2, -0.15) is 0 Å². The maximum atomic E-state index is 12.3. The van der Waals surface area contributed by atoms with Crippen LogP contribution in [-0.4, -0.2) is 15.0 Å². The lowest BCUT2D eigenvalue weighted by atomic mass is 10.1. The van der Waals surface area contributed by atoms with Gasteiger partial charge in [-0.15, -0.1) is 0 Å². The van der Waals surface area contributed by atoms with Crippen LogP contribution in [0.2, 0.25) is 0 Å². The molecule has 0 atom stereocenters. The van der Waals surface area contributed by atoms with E-state index in [0.717, 1.165) is 12.0 Å². The summed E-state index contributed by atoms with van der Waals surface area (Å²) in [6.45, 7) is 7.62. The second kappa shape index (κ2) is 6.54. The summed E-state index contributed by atoms with van der Waals surface area (Å²) >= 11 is 3.13. The molecule has 0 aliphatic carbocycles. The Balaban J connectivity index is 3.31. The molecule has 4 nitrogen and oxygen atoms in total. The number of rotatable bonds is 6. The summed E-state index contributed by atoms with van der Waals surface area (Å²) in [5.41, 5.74) is 8.04. The van der Waals surface area contributed by atoms with Gasteiger partial charge in [0.15, 0.2) is 0 Å². The number of nitrogens with one attached hydrogen (secondary N) is 1. The standard InChI is InChI=1S/C13H19BrN2O2S/c1-4-10-6-12(15)11(5-2)13(7-10)19(17,18)16-8-9(3)14/h6-7,16H,3-5,8,15H2,1-2H3. The highest BCUT2D eigenvalue weighted by Crippen LogP contribution is 2.25. The Hall–Kier alpha value is -0.850. The highest BCUT2D eigenvalue weighted by molar-refractivity contribution is 9.11.